The zero-order chi connectivity index (χ0) is 17.2. The van der Waals surface area contributed by atoms with E-state index in [9.17, 15) is 0 Å². The molecule has 0 radical (unpaired) electrons. The van der Waals surface area contributed by atoms with Crippen molar-refractivity contribution in [1.82, 2.24) is 10.3 Å². The SMILES string of the molecule is Cc1cccnc1NCCN=C1NC(C)(C)C2(CCC(C)CC2)S1. The van der Waals surface area contributed by atoms with E-state index < -0.39 is 0 Å². The Labute approximate surface area is 150 Å². The van der Waals surface area contributed by atoms with Crippen LogP contribution < -0.4 is 10.6 Å². The summed E-state index contributed by atoms with van der Waals surface area (Å²) < 4.78 is 0.323. The van der Waals surface area contributed by atoms with Gasteiger partial charge >= 0.3 is 0 Å². The maximum atomic E-state index is 4.81. The highest BCUT2D eigenvalue weighted by Gasteiger charge is 2.53. The molecule has 0 amide bonds. The lowest BCUT2D eigenvalue weighted by Gasteiger charge is -2.43. The highest BCUT2D eigenvalue weighted by molar-refractivity contribution is 8.15. The van der Waals surface area contributed by atoms with Crippen LogP contribution >= 0.6 is 11.8 Å². The first-order chi connectivity index (χ1) is 11.4. The summed E-state index contributed by atoms with van der Waals surface area (Å²) in [6, 6.07) is 4.04. The molecule has 0 atom stereocenters. The predicted molar refractivity (Wildman–Crippen MR) is 105 cm³/mol. The van der Waals surface area contributed by atoms with E-state index in [4.69, 9.17) is 4.99 Å². The monoisotopic (exact) mass is 346 g/mol. The second-order valence-electron chi connectivity index (χ2n) is 7.81. The summed E-state index contributed by atoms with van der Waals surface area (Å²) in [5, 5.41) is 8.18. The van der Waals surface area contributed by atoms with E-state index >= 15 is 0 Å². The fourth-order valence-electron chi connectivity index (χ4n) is 3.75. The summed E-state index contributed by atoms with van der Waals surface area (Å²) in [4.78, 5) is 9.18. The smallest absolute Gasteiger partial charge is 0.157 e. The minimum absolute atomic E-state index is 0.127. The first-order valence-corrected chi connectivity index (χ1v) is 9.91. The van der Waals surface area contributed by atoms with Gasteiger partial charge in [-0.3, -0.25) is 4.99 Å². The molecule has 2 fully saturated rings. The lowest BCUT2D eigenvalue weighted by Crippen LogP contribution is -2.52. The van der Waals surface area contributed by atoms with Crippen LogP contribution in [0.4, 0.5) is 5.82 Å². The van der Waals surface area contributed by atoms with Gasteiger partial charge in [-0.2, -0.15) is 0 Å². The van der Waals surface area contributed by atoms with Gasteiger partial charge in [-0.1, -0.05) is 24.8 Å². The lowest BCUT2D eigenvalue weighted by atomic mass is 9.73. The van der Waals surface area contributed by atoms with Crippen molar-refractivity contribution in [2.24, 2.45) is 10.9 Å². The molecule has 2 N–H and O–H groups in total. The molecule has 1 saturated carbocycles. The Bertz CT molecular complexity index is 603. The number of nitrogens with one attached hydrogen (secondary N) is 2. The van der Waals surface area contributed by atoms with Crippen LogP contribution in [0.25, 0.3) is 0 Å². The van der Waals surface area contributed by atoms with Crippen molar-refractivity contribution in [3.63, 3.8) is 0 Å². The van der Waals surface area contributed by atoms with E-state index in [0.29, 0.717) is 4.75 Å². The standard InChI is InChI=1S/C19H30N4S/c1-14-7-9-19(10-8-14)18(3,4)23-17(24-19)22-13-12-21-16-15(2)6-5-11-20-16/h5-6,11,14H,7-10,12-13H2,1-4H3,(H,20,21)(H,22,23). The Morgan fingerprint density at radius 3 is 2.83 bits per heavy atom. The van der Waals surface area contributed by atoms with Crippen LogP contribution in [0.1, 0.15) is 52.0 Å². The van der Waals surface area contributed by atoms with E-state index in [1.165, 1.54) is 31.2 Å². The maximum absolute atomic E-state index is 4.81. The van der Waals surface area contributed by atoms with Crippen LogP contribution in [0.15, 0.2) is 23.3 Å². The number of rotatable bonds is 4. The van der Waals surface area contributed by atoms with Crippen molar-refractivity contribution in [3.8, 4) is 0 Å². The number of aromatic nitrogens is 1. The van der Waals surface area contributed by atoms with E-state index in [2.05, 4.69) is 49.4 Å². The molecule has 132 valence electrons. The number of hydrogen-bond acceptors (Lipinski definition) is 4. The second kappa shape index (κ2) is 6.95. The molecule has 24 heavy (non-hydrogen) atoms. The molecule has 1 aromatic heterocycles. The molecular formula is C19H30N4S. The van der Waals surface area contributed by atoms with Gasteiger partial charge in [-0.05, 0) is 64.0 Å². The molecule has 1 aliphatic heterocycles. The van der Waals surface area contributed by atoms with Gasteiger partial charge in [0.1, 0.15) is 5.82 Å². The average molecular weight is 347 g/mol. The number of pyridine rings is 1. The highest BCUT2D eigenvalue weighted by Crippen LogP contribution is 2.52. The Kier molecular flexibility index (Phi) is 5.09. The molecule has 4 nitrogen and oxygen atoms in total. The number of thioether (sulfide) groups is 1. The topological polar surface area (TPSA) is 49.3 Å². The van der Waals surface area contributed by atoms with Gasteiger partial charge < -0.3 is 10.6 Å². The first kappa shape index (κ1) is 17.6. The molecule has 3 rings (SSSR count). The molecule has 0 unspecified atom stereocenters. The van der Waals surface area contributed by atoms with Crippen molar-refractivity contribution in [1.29, 1.82) is 0 Å². The summed E-state index contributed by atoms with van der Waals surface area (Å²) in [7, 11) is 0. The molecule has 1 aromatic rings. The van der Waals surface area contributed by atoms with Crippen molar-refractivity contribution < 1.29 is 0 Å². The molecule has 1 saturated heterocycles. The third kappa shape index (κ3) is 3.56. The quantitative estimate of drug-likeness (QED) is 0.801. The van der Waals surface area contributed by atoms with Crippen molar-refractivity contribution in [3.05, 3.63) is 23.9 Å². The number of nitrogens with zero attached hydrogens (tertiary/aromatic N) is 2. The molecule has 2 heterocycles. The Morgan fingerprint density at radius 2 is 2.12 bits per heavy atom. The minimum Gasteiger partial charge on any atom is -0.368 e. The van der Waals surface area contributed by atoms with Gasteiger partial charge in [0.25, 0.3) is 0 Å². The zero-order valence-electron chi connectivity index (χ0n) is 15.4. The van der Waals surface area contributed by atoms with Gasteiger partial charge in [0.2, 0.25) is 0 Å². The molecule has 2 aliphatic rings. The average Bonchev–Trinajstić information content (AvgIpc) is 2.79. The Morgan fingerprint density at radius 1 is 1.38 bits per heavy atom. The van der Waals surface area contributed by atoms with Gasteiger partial charge in [0.05, 0.1) is 6.54 Å². The normalized spacial score (nSPS) is 30.5. The summed E-state index contributed by atoms with van der Waals surface area (Å²) >= 11 is 1.99. The first-order valence-electron chi connectivity index (χ1n) is 9.09. The van der Waals surface area contributed by atoms with E-state index in [-0.39, 0.29) is 5.54 Å². The molecule has 0 bridgehead atoms. The minimum atomic E-state index is 0.127. The fraction of sp³-hybridized carbons (Fsp3) is 0.684. The molecule has 1 spiro atoms. The number of amidine groups is 1. The lowest BCUT2D eigenvalue weighted by molar-refractivity contribution is 0.231. The number of anilines is 1. The van der Waals surface area contributed by atoms with Crippen LogP contribution in [0, 0.1) is 12.8 Å². The molecule has 0 aromatic carbocycles. The highest BCUT2D eigenvalue weighted by atomic mass is 32.2. The molecular weight excluding hydrogens is 316 g/mol. The van der Waals surface area contributed by atoms with E-state index in [1.807, 2.05) is 24.0 Å². The number of aliphatic imine (C=N–C) groups is 1. The van der Waals surface area contributed by atoms with Crippen LogP contribution in [0.5, 0.6) is 0 Å². The largest absolute Gasteiger partial charge is 0.368 e. The summed E-state index contributed by atoms with van der Waals surface area (Å²) in [6.07, 6.45) is 7.09. The van der Waals surface area contributed by atoms with Gasteiger partial charge in [0.15, 0.2) is 5.17 Å². The van der Waals surface area contributed by atoms with Crippen LogP contribution in [0.3, 0.4) is 0 Å². The maximum Gasteiger partial charge on any atom is 0.157 e. The van der Waals surface area contributed by atoms with E-state index in [0.717, 1.165) is 30.0 Å². The fourth-order valence-corrected chi connectivity index (χ4v) is 5.33. The number of aryl methyl sites for hydroxylation is 1. The Hall–Kier alpha value is -1.23. The van der Waals surface area contributed by atoms with Crippen LogP contribution in [-0.2, 0) is 0 Å². The molecule has 1 aliphatic carbocycles. The third-order valence-corrected chi connectivity index (χ3v) is 7.34. The van der Waals surface area contributed by atoms with Crippen LogP contribution in [-0.4, -0.2) is 33.5 Å². The van der Waals surface area contributed by atoms with Gasteiger partial charge in [-0.25, -0.2) is 4.98 Å². The summed E-state index contributed by atoms with van der Waals surface area (Å²) in [6.45, 7) is 10.7. The molecule has 5 heteroatoms. The van der Waals surface area contributed by atoms with Gasteiger partial charge in [0, 0.05) is 23.0 Å². The Balaban J connectivity index is 1.56. The van der Waals surface area contributed by atoms with Crippen molar-refractivity contribution in [2.75, 3.05) is 18.4 Å². The van der Waals surface area contributed by atoms with Crippen LogP contribution in [0.2, 0.25) is 0 Å². The van der Waals surface area contributed by atoms with Crippen molar-refractivity contribution >= 4 is 22.7 Å². The second-order valence-corrected chi connectivity index (χ2v) is 9.18. The summed E-state index contributed by atoms with van der Waals surface area (Å²) in [5.41, 5.74) is 1.30. The zero-order valence-corrected chi connectivity index (χ0v) is 16.2. The van der Waals surface area contributed by atoms with E-state index in [1.54, 1.807) is 0 Å². The number of hydrogen-bond donors (Lipinski definition) is 2. The van der Waals surface area contributed by atoms with Gasteiger partial charge in [-0.15, -0.1) is 0 Å². The summed E-state index contributed by atoms with van der Waals surface area (Å²) in [5.74, 6) is 1.83. The van der Waals surface area contributed by atoms with Crippen molar-refractivity contribution in [2.45, 2.75) is 63.7 Å². The third-order valence-electron chi connectivity index (χ3n) is 5.60. The predicted octanol–water partition coefficient (Wildman–Crippen LogP) is 4.22.